The number of benzene rings is 1. The molecule has 2 unspecified atom stereocenters. The van der Waals surface area contributed by atoms with Gasteiger partial charge < -0.3 is 29.0 Å². The lowest BCUT2D eigenvalue weighted by Gasteiger charge is -2.44. The largest absolute Gasteiger partial charge is 0.483 e. The van der Waals surface area contributed by atoms with E-state index < -0.39 is 0 Å². The first-order valence-corrected chi connectivity index (χ1v) is 15.9. The van der Waals surface area contributed by atoms with Gasteiger partial charge in [0.1, 0.15) is 17.7 Å². The second kappa shape index (κ2) is 14.4. The molecule has 2 aliphatic heterocycles. The zero-order valence-corrected chi connectivity index (χ0v) is 26.5. The van der Waals surface area contributed by atoms with E-state index in [1.165, 1.54) is 6.20 Å². The molecule has 2 fully saturated rings. The molecule has 2 saturated heterocycles. The number of aromatic nitrogens is 3. The van der Waals surface area contributed by atoms with Crippen LogP contribution in [0.4, 0.5) is 5.82 Å². The zero-order valence-electron chi connectivity index (χ0n) is 25.8. The van der Waals surface area contributed by atoms with Gasteiger partial charge in [0.05, 0.1) is 5.02 Å². The highest BCUT2D eigenvalue weighted by molar-refractivity contribution is 6.30. The summed E-state index contributed by atoms with van der Waals surface area (Å²) >= 11 is 6.17. The summed E-state index contributed by atoms with van der Waals surface area (Å²) in [4.78, 5) is 50.5. The fraction of sp³-hybridized carbons (Fsp3) is 0.485. The fourth-order valence-electron chi connectivity index (χ4n) is 6.38. The summed E-state index contributed by atoms with van der Waals surface area (Å²) < 4.78 is 12.1. The van der Waals surface area contributed by atoms with Gasteiger partial charge in [0, 0.05) is 61.8 Å². The van der Waals surface area contributed by atoms with E-state index in [2.05, 4.69) is 23.7 Å². The molecule has 2 N–H and O–H groups in total. The van der Waals surface area contributed by atoms with Crippen molar-refractivity contribution in [1.82, 2.24) is 19.9 Å². The number of carboxylic acid groups (broad SMARTS) is 1. The van der Waals surface area contributed by atoms with Crippen molar-refractivity contribution in [3.8, 4) is 0 Å². The number of furan rings is 1. The third-order valence-electron chi connectivity index (χ3n) is 9.13. The number of H-pyrrole nitrogens is 1. The lowest BCUT2D eigenvalue weighted by Crippen LogP contribution is -2.51. The number of likely N-dealkylation sites (tertiary alicyclic amines) is 1. The van der Waals surface area contributed by atoms with Crippen LogP contribution in [0.15, 0.2) is 45.7 Å². The molecule has 5 heterocycles. The van der Waals surface area contributed by atoms with Crippen molar-refractivity contribution in [2.75, 3.05) is 37.7 Å². The van der Waals surface area contributed by atoms with Crippen LogP contribution < -0.4 is 10.5 Å². The molecule has 0 aliphatic carbocycles. The van der Waals surface area contributed by atoms with Crippen LogP contribution in [0.5, 0.6) is 0 Å². The van der Waals surface area contributed by atoms with Crippen molar-refractivity contribution < 1.29 is 23.8 Å². The van der Waals surface area contributed by atoms with Gasteiger partial charge in [0.15, 0.2) is 17.2 Å². The summed E-state index contributed by atoms with van der Waals surface area (Å²) in [6.07, 6.45) is 6.54. The van der Waals surface area contributed by atoms with Gasteiger partial charge in [-0.25, -0.2) is 9.97 Å². The van der Waals surface area contributed by atoms with E-state index in [0.717, 1.165) is 73.1 Å². The number of unbranched alkanes of at least 4 members (excludes halogenated alkanes) is 1. The molecular weight excluding hydrogens is 598 g/mol. The number of rotatable bonds is 9. The maximum atomic E-state index is 13.0. The Hall–Kier alpha value is -3.96. The van der Waals surface area contributed by atoms with Crippen LogP contribution in [-0.4, -0.2) is 70.1 Å². The standard InChI is InChI=1S/C32H38ClN5O4.CH2O2/c1-21-19-38(15-12-32(21,2)24-17-22(33)18-34-31(24)40)27(39)11-5-8-16-41-20-26-35-28-23-9-3-4-10-25(23)42-29(28)30(36-26)37-13-6-7-14-37;2-1-3/h3-4,9-10,17-18,21H,5-8,11-16,19-20H2,1-2H3,(H,34,40);1H,(H,2,3). The third kappa shape index (κ3) is 7.15. The van der Waals surface area contributed by atoms with Gasteiger partial charge in [-0.2, -0.15) is 0 Å². The quantitative estimate of drug-likeness (QED) is 0.179. The molecular formula is C33H40ClN5O6. The van der Waals surface area contributed by atoms with Crippen LogP contribution >= 0.6 is 11.6 Å². The smallest absolute Gasteiger partial charge is 0.290 e. The van der Waals surface area contributed by atoms with Gasteiger partial charge in [0.2, 0.25) is 5.91 Å². The summed E-state index contributed by atoms with van der Waals surface area (Å²) in [5.41, 5.74) is 2.65. The van der Waals surface area contributed by atoms with E-state index in [9.17, 15) is 9.59 Å². The van der Waals surface area contributed by atoms with Crippen molar-refractivity contribution in [1.29, 1.82) is 0 Å². The number of para-hydroxylation sites is 1. The average molecular weight is 638 g/mol. The summed E-state index contributed by atoms with van der Waals surface area (Å²) in [5.74, 6) is 1.79. The predicted octanol–water partition coefficient (Wildman–Crippen LogP) is 5.53. The van der Waals surface area contributed by atoms with Gasteiger partial charge >= 0.3 is 0 Å². The zero-order chi connectivity index (χ0) is 32.0. The lowest BCUT2D eigenvalue weighted by atomic mass is 9.68. The Labute approximate surface area is 266 Å². The minimum absolute atomic E-state index is 0.107. The highest BCUT2D eigenvalue weighted by Gasteiger charge is 2.40. The monoisotopic (exact) mass is 637 g/mol. The van der Waals surface area contributed by atoms with Crippen LogP contribution in [0, 0.1) is 5.92 Å². The topological polar surface area (TPSA) is 142 Å². The molecule has 1 aromatic carbocycles. The van der Waals surface area contributed by atoms with Gasteiger partial charge in [0.25, 0.3) is 12.0 Å². The fourth-order valence-corrected chi connectivity index (χ4v) is 6.54. The van der Waals surface area contributed by atoms with Crippen LogP contribution in [0.3, 0.4) is 0 Å². The Kier molecular flexibility index (Phi) is 10.4. The Morgan fingerprint density at radius 2 is 1.98 bits per heavy atom. The first kappa shape index (κ1) is 32.4. The van der Waals surface area contributed by atoms with Crippen molar-refractivity contribution >= 4 is 51.9 Å². The molecule has 6 rings (SSSR count). The van der Waals surface area contributed by atoms with Gasteiger partial charge in [-0.05, 0) is 56.2 Å². The highest BCUT2D eigenvalue weighted by Crippen LogP contribution is 2.39. The number of ether oxygens (including phenoxy) is 1. The number of carbonyl (C=O) groups excluding carboxylic acids is 1. The first-order chi connectivity index (χ1) is 21.7. The summed E-state index contributed by atoms with van der Waals surface area (Å²) in [5, 5.41) is 8.40. The Balaban J connectivity index is 0.00000128. The number of nitrogens with zero attached hydrogens (tertiary/aromatic N) is 4. The maximum Gasteiger partial charge on any atom is 0.290 e. The van der Waals surface area contributed by atoms with E-state index in [-0.39, 0.29) is 29.3 Å². The predicted molar refractivity (Wildman–Crippen MR) is 173 cm³/mol. The minimum atomic E-state index is -0.328. The number of pyridine rings is 1. The van der Waals surface area contributed by atoms with Crippen LogP contribution in [0.1, 0.15) is 63.8 Å². The van der Waals surface area contributed by atoms with E-state index in [0.29, 0.717) is 49.1 Å². The molecule has 3 aromatic heterocycles. The molecule has 0 saturated carbocycles. The van der Waals surface area contributed by atoms with E-state index in [1.807, 2.05) is 29.2 Å². The average Bonchev–Trinajstić information content (AvgIpc) is 3.70. The van der Waals surface area contributed by atoms with E-state index in [1.54, 1.807) is 6.07 Å². The second-order valence-corrected chi connectivity index (χ2v) is 12.5. The molecule has 0 bridgehead atoms. The molecule has 240 valence electrons. The number of carbonyl (C=O) groups is 2. The third-order valence-corrected chi connectivity index (χ3v) is 9.35. The lowest BCUT2D eigenvalue weighted by molar-refractivity contribution is -0.134. The number of hydrogen-bond acceptors (Lipinski definition) is 8. The van der Waals surface area contributed by atoms with Gasteiger partial charge in [-0.3, -0.25) is 14.4 Å². The van der Waals surface area contributed by atoms with Crippen molar-refractivity contribution in [3.63, 3.8) is 0 Å². The Morgan fingerprint density at radius 1 is 1.22 bits per heavy atom. The second-order valence-electron chi connectivity index (χ2n) is 12.0. The molecule has 2 aliphatic rings. The molecule has 2 atom stereocenters. The number of anilines is 1. The van der Waals surface area contributed by atoms with Crippen molar-refractivity contribution in [2.45, 2.75) is 64.4 Å². The summed E-state index contributed by atoms with van der Waals surface area (Å²) in [6.45, 7) is 7.98. The number of halogens is 1. The van der Waals surface area contributed by atoms with Gasteiger partial charge in [-0.15, -0.1) is 0 Å². The first-order valence-electron chi connectivity index (χ1n) is 15.5. The van der Waals surface area contributed by atoms with Crippen LogP contribution in [0.25, 0.3) is 22.1 Å². The molecule has 1 amide bonds. The minimum Gasteiger partial charge on any atom is -0.483 e. The molecule has 11 nitrogen and oxygen atoms in total. The summed E-state index contributed by atoms with van der Waals surface area (Å²) in [7, 11) is 0. The van der Waals surface area contributed by atoms with Gasteiger partial charge in [-0.1, -0.05) is 37.6 Å². The van der Waals surface area contributed by atoms with Crippen LogP contribution in [0.2, 0.25) is 5.02 Å². The number of piperidine rings is 1. The highest BCUT2D eigenvalue weighted by atomic mass is 35.5. The molecule has 12 heteroatoms. The number of amides is 1. The van der Waals surface area contributed by atoms with E-state index >= 15 is 0 Å². The molecule has 0 radical (unpaired) electrons. The molecule has 4 aromatic rings. The maximum absolute atomic E-state index is 13.0. The Bertz CT molecular complexity index is 1700. The molecule has 45 heavy (non-hydrogen) atoms. The number of aromatic amines is 1. The number of nitrogens with one attached hydrogen (secondary N) is 1. The normalized spacial score (nSPS) is 19.9. The van der Waals surface area contributed by atoms with E-state index in [4.69, 9.17) is 40.6 Å². The number of hydrogen-bond donors (Lipinski definition) is 2. The molecule has 0 spiro atoms. The van der Waals surface area contributed by atoms with Crippen molar-refractivity contribution in [3.05, 3.63) is 63.3 Å². The van der Waals surface area contributed by atoms with Crippen LogP contribution in [-0.2, 0) is 26.3 Å². The Morgan fingerprint density at radius 3 is 2.73 bits per heavy atom. The van der Waals surface area contributed by atoms with Crippen molar-refractivity contribution in [2.24, 2.45) is 5.92 Å². The summed E-state index contributed by atoms with van der Waals surface area (Å²) in [6, 6.07) is 9.72. The SMILES string of the molecule is CC1CN(C(=O)CCCCOCc2nc(N3CCCC3)c3oc4ccccc4c3n2)CCC1(C)c1cc(Cl)c[nH]c1=O.O=CO. The number of fused-ring (bicyclic) bond motifs is 3.